The van der Waals surface area contributed by atoms with Crippen molar-refractivity contribution in [2.75, 3.05) is 12.5 Å². The van der Waals surface area contributed by atoms with Crippen LogP contribution in [-0.4, -0.2) is 18.3 Å². The van der Waals surface area contributed by atoms with Crippen molar-refractivity contribution in [3.63, 3.8) is 0 Å². The predicted octanol–water partition coefficient (Wildman–Crippen LogP) is 6.64. The number of anilines is 1. The van der Waals surface area contributed by atoms with E-state index in [4.69, 9.17) is 21.1 Å². The lowest BCUT2D eigenvalue weighted by Gasteiger charge is -2.12. The second-order valence-corrected chi connectivity index (χ2v) is 7.97. The number of methoxy groups -OCH3 is 1. The summed E-state index contributed by atoms with van der Waals surface area (Å²) in [4.78, 5) is 4.55. The van der Waals surface area contributed by atoms with Gasteiger partial charge in [0.2, 0.25) is 5.13 Å². The Morgan fingerprint density at radius 1 is 1.09 bits per heavy atom. The van der Waals surface area contributed by atoms with E-state index >= 15 is 0 Å². The van der Waals surface area contributed by atoms with Crippen molar-refractivity contribution in [2.24, 2.45) is 5.10 Å². The first-order chi connectivity index (χ1) is 15.6. The molecule has 0 bridgehead atoms. The smallest absolute Gasteiger partial charge is 0.203 e. The zero-order valence-electron chi connectivity index (χ0n) is 17.1. The summed E-state index contributed by atoms with van der Waals surface area (Å²) in [5.74, 6) is 0.649. The number of hydrazone groups is 1. The van der Waals surface area contributed by atoms with Crippen LogP contribution in [0.5, 0.6) is 11.5 Å². The highest BCUT2D eigenvalue weighted by molar-refractivity contribution is 7.14. The van der Waals surface area contributed by atoms with Crippen molar-refractivity contribution in [3.05, 3.63) is 94.1 Å². The first-order valence-electron chi connectivity index (χ1n) is 9.67. The van der Waals surface area contributed by atoms with Gasteiger partial charge in [0.1, 0.15) is 23.9 Å². The molecule has 4 rings (SSSR count). The first kappa shape index (κ1) is 21.8. The van der Waals surface area contributed by atoms with Crippen LogP contribution < -0.4 is 14.9 Å². The van der Waals surface area contributed by atoms with Crippen molar-refractivity contribution in [1.82, 2.24) is 4.98 Å². The van der Waals surface area contributed by atoms with E-state index in [1.807, 2.05) is 53.9 Å². The highest BCUT2D eigenvalue weighted by Gasteiger charge is 2.08. The second kappa shape index (κ2) is 10.3. The molecule has 5 nitrogen and oxygen atoms in total. The molecule has 4 aromatic rings. The molecular weight excluding hydrogens is 449 g/mol. The molecule has 0 saturated carbocycles. The lowest BCUT2D eigenvalue weighted by Crippen LogP contribution is -2.01. The Labute approximate surface area is 194 Å². The number of hydrogen-bond acceptors (Lipinski definition) is 6. The van der Waals surface area contributed by atoms with Gasteiger partial charge in [0.05, 0.1) is 24.0 Å². The number of aromatic nitrogens is 1. The van der Waals surface area contributed by atoms with Crippen molar-refractivity contribution >= 4 is 34.3 Å². The summed E-state index contributed by atoms with van der Waals surface area (Å²) >= 11 is 7.52. The SMILES string of the molecule is COc1ccc(C=NNc2nc(-c3ccccc3)cs2)cc1COc1ccc(F)cc1Cl. The summed E-state index contributed by atoms with van der Waals surface area (Å²) in [6.45, 7) is 0.205. The van der Waals surface area contributed by atoms with Crippen LogP contribution in [0.25, 0.3) is 11.3 Å². The minimum atomic E-state index is -0.415. The molecule has 0 amide bonds. The highest BCUT2D eigenvalue weighted by Crippen LogP contribution is 2.28. The number of rotatable bonds is 8. The number of nitrogens with one attached hydrogen (secondary N) is 1. The lowest BCUT2D eigenvalue weighted by molar-refractivity contribution is 0.296. The number of halogens is 2. The van der Waals surface area contributed by atoms with Gasteiger partial charge in [-0.3, -0.25) is 5.43 Å². The molecule has 1 N–H and O–H groups in total. The summed E-state index contributed by atoms with van der Waals surface area (Å²) in [5, 5.41) is 7.18. The Bertz CT molecular complexity index is 1230. The number of ether oxygens (including phenoxy) is 2. The van der Waals surface area contributed by atoms with Crippen LogP contribution in [0.4, 0.5) is 9.52 Å². The summed E-state index contributed by atoms with van der Waals surface area (Å²) in [7, 11) is 1.59. The van der Waals surface area contributed by atoms with Crippen LogP contribution in [-0.2, 0) is 6.61 Å². The third kappa shape index (κ3) is 5.43. The zero-order chi connectivity index (χ0) is 22.3. The zero-order valence-corrected chi connectivity index (χ0v) is 18.7. The van der Waals surface area contributed by atoms with Crippen LogP contribution in [0.2, 0.25) is 5.02 Å². The Hall–Kier alpha value is -3.42. The summed E-state index contributed by atoms with van der Waals surface area (Å²) < 4.78 is 24.4. The van der Waals surface area contributed by atoms with Crippen LogP contribution in [0.3, 0.4) is 0 Å². The lowest BCUT2D eigenvalue weighted by atomic mass is 10.1. The molecular formula is C24H19ClFN3O2S. The molecule has 0 atom stereocenters. The van der Waals surface area contributed by atoms with Crippen molar-refractivity contribution in [1.29, 1.82) is 0 Å². The van der Waals surface area contributed by atoms with Gasteiger partial charge in [0.25, 0.3) is 0 Å². The molecule has 0 spiro atoms. The fourth-order valence-electron chi connectivity index (χ4n) is 2.97. The van der Waals surface area contributed by atoms with E-state index in [0.717, 1.165) is 22.4 Å². The molecule has 0 unspecified atom stereocenters. The second-order valence-electron chi connectivity index (χ2n) is 6.71. The van der Waals surface area contributed by atoms with E-state index in [1.165, 1.54) is 29.5 Å². The molecule has 8 heteroatoms. The Morgan fingerprint density at radius 2 is 1.91 bits per heavy atom. The molecule has 1 aromatic heterocycles. The van der Waals surface area contributed by atoms with Crippen molar-refractivity contribution < 1.29 is 13.9 Å². The fourth-order valence-corrected chi connectivity index (χ4v) is 3.86. The van der Waals surface area contributed by atoms with Gasteiger partial charge in [-0.25, -0.2) is 9.37 Å². The van der Waals surface area contributed by atoms with E-state index < -0.39 is 5.82 Å². The predicted molar refractivity (Wildman–Crippen MR) is 128 cm³/mol. The standard InChI is InChI=1S/C24H19ClFN3O2S/c1-30-22-9-7-16(11-18(22)14-31-23-10-8-19(26)12-20(23)25)13-27-29-24-28-21(15-32-24)17-5-3-2-4-6-17/h2-13,15H,14H2,1H3,(H,28,29). The van der Waals surface area contributed by atoms with Crippen LogP contribution in [0, 0.1) is 5.82 Å². The Morgan fingerprint density at radius 3 is 2.69 bits per heavy atom. The normalized spacial score (nSPS) is 11.0. The average Bonchev–Trinajstić information content (AvgIpc) is 3.28. The monoisotopic (exact) mass is 467 g/mol. The van der Waals surface area contributed by atoms with E-state index in [-0.39, 0.29) is 11.6 Å². The number of hydrogen-bond donors (Lipinski definition) is 1. The summed E-state index contributed by atoms with van der Waals surface area (Å²) in [6, 6.07) is 19.6. The van der Waals surface area contributed by atoms with Gasteiger partial charge in [-0.1, -0.05) is 41.9 Å². The van der Waals surface area contributed by atoms with Crippen LogP contribution in [0.1, 0.15) is 11.1 Å². The van der Waals surface area contributed by atoms with Gasteiger partial charge in [0, 0.05) is 16.5 Å². The Kier molecular flexibility index (Phi) is 6.99. The third-order valence-electron chi connectivity index (χ3n) is 4.53. The van der Waals surface area contributed by atoms with E-state index in [9.17, 15) is 4.39 Å². The molecule has 1 heterocycles. The average molecular weight is 468 g/mol. The van der Waals surface area contributed by atoms with Crippen molar-refractivity contribution in [3.8, 4) is 22.8 Å². The van der Waals surface area contributed by atoms with Gasteiger partial charge < -0.3 is 9.47 Å². The quantitative estimate of drug-likeness (QED) is 0.233. The maximum Gasteiger partial charge on any atom is 0.203 e. The molecule has 0 fully saturated rings. The fraction of sp³-hybridized carbons (Fsp3) is 0.0833. The number of nitrogens with zero attached hydrogens (tertiary/aromatic N) is 2. The largest absolute Gasteiger partial charge is 0.496 e. The van der Waals surface area contributed by atoms with Gasteiger partial charge >= 0.3 is 0 Å². The minimum absolute atomic E-state index is 0.205. The summed E-state index contributed by atoms with van der Waals surface area (Å²) in [6.07, 6.45) is 1.69. The molecule has 0 aliphatic heterocycles. The molecule has 3 aromatic carbocycles. The molecule has 0 saturated heterocycles. The summed E-state index contributed by atoms with van der Waals surface area (Å²) in [5.41, 5.74) is 6.57. The third-order valence-corrected chi connectivity index (χ3v) is 5.57. The van der Waals surface area contributed by atoms with Gasteiger partial charge in [-0.05, 0) is 42.0 Å². The van der Waals surface area contributed by atoms with Crippen LogP contribution in [0.15, 0.2) is 77.2 Å². The minimum Gasteiger partial charge on any atom is -0.496 e. The van der Waals surface area contributed by atoms with E-state index in [1.54, 1.807) is 13.3 Å². The van der Waals surface area contributed by atoms with Gasteiger partial charge in [-0.15, -0.1) is 11.3 Å². The van der Waals surface area contributed by atoms with E-state index in [2.05, 4.69) is 15.5 Å². The molecule has 0 radical (unpaired) electrons. The topological polar surface area (TPSA) is 55.7 Å². The molecule has 162 valence electrons. The van der Waals surface area contributed by atoms with Crippen molar-refractivity contribution in [2.45, 2.75) is 6.61 Å². The maximum absolute atomic E-state index is 13.2. The van der Waals surface area contributed by atoms with Crippen LogP contribution >= 0.6 is 22.9 Å². The molecule has 32 heavy (non-hydrogen) atoms. The van der Waals surface area contributed by atoms with Gasteiger partial charge in [0.15, 0.2) is 0 Å². The Balaban J connectivity index is 1.43. The maximum atomic E-state index is 13.2. The number of benzene rings is 3. The van der Waals surface area contributed by atoms with E-state index in [0.29, 0.717) is 16.6 Å². The number of thiazole rings is 1. The highest BCUT2D eigenvalue weighted by atomic mass is 35.5. The molecule has 0 aliphatic rings. The first-order valence-corrected chi connectivity index (χ1v) is 10.9. The molecule has 0 aliphatic carbocycles. The van der Waals surface area contributed by atoms with Gasteiger partial charge in [-0.2, -0.15) is 5.10 Å².